The second-order valence-electron chi connectivity index (χ2n) is 3.68. The van der Waals surface area contributed by atoms with Crippen LogP contribution in [0.15, 0.2) is 0 Å². The van der Waals surface area contributed by atoms with Gasteiger partial charge >= 0.3 is 0 Å². The van der Waals surface area contributed by atoms with Gasteiger partial charge in [-0.25, -0.2) is 0 Å². The third-order valence-electron chi connectivity index (χ3n) is 2.43. The molecule has 0 aliphatic rings. The van der Waals surface area contributed by atoms with Crippen molar-refractivity contribution in [1.29, 1.82) is 0 Å². The predicted molar refractivity (Wildman–Crippen MR) is 52.1 cm³/mol. The van der Waals surface area contributed by atoms with Crippen LogP contribution in [0.25, 0.3) is 0 Å². The van der Waals surface area contributed by atoms with E-state index in [1.54, 1.807) is 6.92 Å². The molecule has 0 aliphatic heterocycles. The molecular weight excluding hydrogens is 168 g/mol. The molecule has 0 heterocycles. The Morgan fingerprint density at radius 2 is 2.23 bits per heavy atom. The van der Waals surface area contributed by atoms with Gasteiger partial charge in [-0.2, -0.15) is 0 Å². The summed E-state index contributed by atoms with van der Waals surface area (Å²) in [6, 6.07) is -0.204. The first kappa shape index (κ1) is 12.4. The molecule has 4 nitrogen and oxygen atoms in total. The highest BCUT2D eigenvalue weighted by atomic mass is 16.3. The number of hydrogen-bond acceptors (Lipinski definition) is 3. The number of nitrogens with one attached hydrogen (secondary N) is 1. The highest BCUT2D eigenvalue weighted by Crippen LogP contribution is 2.19. The van der Waals surface area contributed by atoms with Crippen LogP contribution in [0.5, 0.6) is 0 Å². The normalized spacial score (nSPS) is 17.6. The van der Waals surface area contributed by atoms with Crippen molar-refractivity contribution in [3.05, 3.63) is 0 Å². The van der Waals surface area contributed by atoms with Crippen LogP contribution in [0.2, 0.25) is 0 Å². The maximum absolute atomic E-state index is 11.6. The summed E-state index contributed by atoms with van der Waals surface area (Å²) in [5.74, 6) is -0.0842. The van der Waals surface area contributed by atoms with Crippen molar-refractivity contribution in [2.75, 3.05) is 13.2 Å². The minimum Gasteiger partial charge on any atom is -0.394 e. The first-order chi connectivity index (χ1) is 6.00. The van der Waals surface area contributed by atoms with Crippen molar-refractivity contribution < 1.29 is 9.90 Å². The zero-order valence-electron chi connectivity index (χ0n) is 8.63. The minimum atomic E-state index is -0.510. The molecule has 0 aliphatic carbocycles. The Hall–Kier alpha value is -0.610. The smallest absolute Gasteiger partial charge is 0.227 e. The van der Waals surface area contributed by atoms with Crippen molar-refractivity contribution >= 4 is 5.91 Å². The molecule has 2 atom stereocenters. The molecule has 0 aromatic rings. The molecule has 0 radical (unpaired) electrons. The summed E-state index contributed by atoms with van der Waals surface area (Å²) < 4.78 is 0. The largest absolute Gasteiger partial charge is 0.394 e. The molecule has 4 heteroatoms. The molecule has 78 valence electrons. The maximum atomic E-state index is 11.6. The Balaban J connectivity index is 4.22. The summed E-state index contributed by atoms with van der Waals surface area (Å²) in [7, 11) is 0. The van der Waals surface area contributed by atoms with Crippen molar-refractivity contribution in [2.45, 2.75) is 33.2 Å². The van der Waals surface area contributed by atoms with E-state index in [4.69, 9.17) is 10.8 Å². The Labute approximate surface area is 79.5 Å². The minimum absolute atomic E-state index is 0.0455. The second kappa shape index (κ2) is 5.19. The molecule has 0 saturated carbocycles. The fraction of sp³-hybridized carbons (Fsp3) is 0.889. The SMILES string of the molecule is CCC(C)(CN)C(=O)N[C@H](C)CO. The van der Waals surface area contributed by atoms with Crippen LogP contribution in [0.1, 0.15) is 27.2 Å². The molecule has 0 saturated heterocycles. The Bertz CT molecular complexity index is 167. The van der Waals surface area contributed by atoms with Crippen molar-refractivity contribution in [3.63, 3.8) is 0 Å². The zero-order valence-corrected chi connectivity index (χ0v) is 8.63. The Kier molecular flexibility index (Phi) is 4.95. The van der Waals surface area contributed by atoms with Crippen LogP contribution >= 0.6 is 0 Å². The average molecular weight is 188 g/mol. The van der Waals surface area contributed by atoms with Crippen molar-refractivity contribution in [2.24, 2.45) is 11.1 Å². The summed E-state index contributed by atoms with van der Waals surface area (Å²) in [6.07, 6.45) is 0.702. The third kappa shape index (κ3) is 3.32. The van der Waals surface area contributed by atoms with Gasteiger partial charge in [-0.3, -0.25) is 4.79 Å². The molecule has 0 rings (SSSR count). The van der Waals surface area contributed by atoms with E-state index in [1.165, 1.54) is 0 Å². The lowest BCUT2D eigenvalue weighted by molar-refractivity contribution is -0.130. The number of carbonyl (C=O) groups excluding carboxylic acids is 1. The molecule has 0 aromatic carbocycles. The van der Waals surface area contributed by atoms with E-state index in [9.17, 15) is 4.79 Å². The quantitative estimate of drug-likeness (QED) is 0.562. The van der Waals surface area contributed by atoms with Gasteiger partial charge in [-0.1, -0.05) is 6.92 Å². The molecule has 1 amide bonds. The van der Waals surface area contributed by atoms with Crippen LogP contribution in [-0.2, 0) is 4.79 Å². The van der Waals surface area contributed by atoms with E-state index >= 15 is 0 Å². The van der Waals surface area contributed by atoms with Gasteiger partial charge in [0, 0.05) is 12.6 Å². The number of rotatable bonds is 5. The van der Waals surface area contributed by atoms with Gasteiger partial charge in [0.25, 0.3) is 0 Å². The number of nitrogens with two attached hydrogens (primary N) is 1. The van der Waals surface area contributed by atoms with E-state index < -0.39 is 5.41 Å². The number of carbonyl (C=O) groups is 1. The first-order valence-corrected chi connectivity index (χ1v) is 4.62. The summed E-state index contributed by atoms with van der Waals surface area (Å²) in [5, 5.41) is 11.5. The summed E-state index contributed by atoms with van der Waals surface area (Å²) >= 11 is 0. The van der Waals surface area contributed by atoms with Crippen molar-refractivity contribution in [1.82, 2.24) is 5.32 Å². The average Bonchev–Trinajstić information content (AvgIpc) is 2.16. The van der Waals surface area contributed by atoms with E-state index in [0.717, 1.165) is 0 Å². The molecule has 0 aromatic heterocycles. The predicted octanol–water partition coefficient (Wildman–Crippen LogP) is -0.142. The number of aliphatic hydroxyl groups excluding tert-OH is 1. The van der Waals surface area contributed by atoms with Gasteiger partial charge < -0.3 is 16.2 Å². The number of aliphatic hydroxyl groups is 1. The summed E-state index contributed by atoms with van der Waals surface area (Å²) in [5.41, 5.74) is 5.00. The van der Waals surface area contributed by atoms with Gasteiger partial charge in [0.05, 0.1) is 12.0 Å². The maximum Gasteiger partial charge on any atom is 0.227 e. The molecule has 0 spiro atoms. The first-order valence-electron chi connectivity index (χ1n) is 4.62. The number of amides is 1. The lowest BCUT2D eigenvalue weighted by Crippen LogP contribution is -2.47. The van der Waals surface area contributed by atoms with Gasteiger partial charge in [-0.15, -0.1) is 0 Å². The molecule has 13 heavy (non-hydrogen) atoms. The van der Waals surface area contributed by atoms with E-state index in [1.807, 2.05) is 13.8 Å². The van der Waals surface area contributed by atoms with Crippen LogP contribution in [0, 0.1) is 5.41 Å². The molecular formula is C9H20N2O2. The Morgan fingerprint density at radius 1 is 1.69 bits per heavy atom. The highest BCUT2D eigenvalue weighted by Gasteiger charge is 2.30. The Morgan fingerprint density at radius 3 is 2.54 bits per heavy atom. The van der Waals surface area contributed by atoms with E-state index in [-0.39, 0.29) is 18.6 Å². The van der Waals surface area contributed by atoms with Gasteiger partial charge in [0.1, 0.15) is 0 Å². The van der Waals surface area contributed by atoms with Crippen LogP contribution < -0.4 is 11.1 Å². The fourth-order valence-electron chi connectivity index (χ4n) is 0.841. The van der Waals surface area contributed by atoms with Crippen LogP contribution in [-0.4, -0.2) is 30.2 Å². The lowest BCUT2D eigenvalue weighted by Gasteiger charge is -2.26. The topological polar surface area (TPSA) is 75.4 Å². The van der Waals surface area contributed by atoms with Gasteiger partial charge in [0.15, 0.2) is 0 Å². The third-order valence-corrected chi connectivity index (χ3v) is 2.43. The number of hydrogen-bond donors (Lipinski definition) is 3. The fourth-order valence-corrected chi connectivity index (χ4v) is 0.841. The lowest BCUT2D eigenvalue weighted by atomic mass is 9.86. The molecule has 0 fully saturated rings. The van der Waals surface area contributed by atoms with Crippen LogP contribution in [0.3, 0.4) is 0 Å². The van der Waals surface area contributed by atoms with Crippen LogP contribution in [0.4, 0.5) is 0 Å². The molecule has 1 unspecified atom stereocenters. The van der Waals surface area contributed by atoms with Gasteiger partial charge in [0.2, 0.25) is 5.91 Å². The zero-order chi connectivity index (χ0) is 10.5. The molecule has 0 bridgehead atoms. The van der Waals surface area contributed by atoms with E-state index in [2.05, 4.69) is 5.32 Å². The monoisotopic (exact) mass is 188 g/mol. The van der Waals surface area contributed by atoms with Crippen molar-refractivity contribution in [3.8, 4) is 0 Å². The highest BCUT2D eigenvalue weighted by molar-refractivity contribution is 5.82. The second-order valence-corrected chi connectivity index (χ2v) is 3.68. The van der Waals surface area contributed by atoms with E-state index in [0.29, 0.717) is 13.0 Å². The molecule has 4 N–H and O–H groups in total. The standard InChI is InChI=1S/C9H20N2O2/c1-4-9(3,6-10)8(13)11-7(2)5-12/h7,12H,4-6,10H2,1-3H3,(H,11,13)/t7-,9?/m1/s1. The summed E-state index contributed by atoms with van der Waals surface area (Å²) in [6.45, 7) is 5.79. The summed E-state index contributed by atoms with van der Waals surface area (Å²) in [4.78, 5) is 11.6. The van der Waals surface area contributed by atoms with Gasteiger partial charge in [-0.05, 0) is 20.3 Å².